The number of carbonyl (C=O) groups excluding carboxylic acids is 1. The van der Waals surface area contributed by atoms with Gasteiger partial charge in [-0.25, -0.2) is 9.59 Å². The molecule has 0 radical (unpaired) electrons. The number of carbonyl (C=O) groups is 1. The van der Waals surface area contributed by atoms with Crippen LogP contribution in [-0.4, -0.2) is 25.3 Å². The number of nitrogens with one attached hydrogen (secondary N) is 1. The molecule has 7 heteroatoms. The van der Waals surface area contributed by atoms with Crippen molar-refractivity contribution in [2.24, 2.45) is 7.05 Å². The van der Waals surface area contributed by atoms with E-state index >= 15 is 0 Å². The van der Waals surface area contributed by atoms with Crippen LogP contribution < -0.4 is 10.4 Å². The molecule has 0 fully saturated rings. The SMILES string of the molecule is Cc1cc(-c2ccnn2C)c2c3c1[nH]c(=O)n3C(c1ccccc1)C(=O)O2. The van der Waals surface area contributed by atoms with Gasteiger partial charge in [-0.05, 0) is 30.2 Å². The molecule has 2 aromatic heterocycles. The van der Waals surface area contributed by atoms with Gasteiger partial charge in [-0.2, -0.15) is 5.10 Å². The van der Waals surface area contributed by atoms with Gasteiger partial charge in [-0.1, -0.05) is 30.3 Å². The standard InChI is InChI=1S/C20H16N4O3/c1-11-10-13(14-8-9-21-23(14)2)18-17-15(11)22-20(26)24(17)16(19(25)27-18)12-6-4-3-5-7-12/h3-10,16H,1-2H3,(H,22,26). The van der Waals surface area contributed by atoms with E-state index < -0.39 is 12.0 Å². The largest absolute Gasteiger partial charge is 0.422 e. The highest BCUT2D eigenvalue weighted by Gasteiger charge is 2.36. The van der Waals surface area contributed by atoms with E-state index in [1.54, 1.807) is 10.9 Å². The molecule has 1 aliphatic heterocycles. The van der Waals surface area contributed by atoms with Crippen LogP contribution in [0.3, 0.4) is 0 Å². The molecule has 7 nitrogen and oxygen atoms in total. The minimum atomic E-state index is -0.818. The molecular weight excluding hydrogens is 344 g/mol. The minimum absolute atomic E-state index is 0.331. The number of aromatic amines is 1. The maximum Gasteiger partial charge on any atom is 0.339 e. The summed E-state index contributed by atoms with van der Waals surface area (Å²) in [4.78, 5) is 28.6. The molecule has 1 atom stereocenters. The third kappa shape index (κ3) is 2.11. The number of esters is 1. The van der Waals surface area contributed by atoms with Crippen molar-refractivity contribution in [3.05, 3.63) is 70.3 Å². The normalized spacial score (nSPS) is 15.9. The van der Waals surface area contributed by atoms with Crippen LogP contribution in [0.5, 0.6) is 5.75 Å². The molecule has 3 heterocycles. The first-order valence-corrected chi connectivity index (χ1v) is 8.59. The van der Waals surface area contributed by atoms with Gasteiger partial charge in [-0.15, -0.1) is 0 Å². The van der Waals surface area contributed by atoms with Crippen molar-refractivity contribution in [2.45, 2.75) is 13.0 Å². The van der Waals surface area contributed by atoms with Crippen molar-refractivity contribution in [3.8, 4) is 17.0 Å². The second-order valence-electron chi connectivity index (χ2n) is 6.67. The molecule has 0 aliphatic carbocycles. The number of benzene rings is 2. The van der Waals surface area contributed by atoms with Crippen molar-refractivity contribution < 1.29 is 9.53 Å². The van der Waals surface area contributed by atoms with Gasteiger partial charge in [-0.3, -0.25) is 9.25 Å². The van der Waals surface area contributed by atoms with Gasteiger partial charge < -0.3 is 9.72 Å². The van der Waals surface area contributed by atoms with Gasteiger partial charge in [0, 0.05) is 18.8 Å². The number of aromatic nitrogens is 4. The molecule has 4 aromatic rings. The van der Waals surface area contributed by atoms with Crippen LogP contribution in [0, 0.1) is 6.92 Å². The van der Waals surface area contributed by atoms with Crippen molar-refractivity contribution >= 4 is 17.0 Å². The average Bonchev–Trinajstić information content (AvgIpc) is 3.23. The molecule has 0 amide bonds. The zero-order valence-corrected chi connectivity index (χ0v) is 14.8. The highest BCUT2D eigenvalue weighted by molar-refractivity contribution is 5.99. The molecule has 0 saturated heterocycles. The maximum absolute atomic E-state index is 12.9. The van der Waals surface area contributed by atoms with Gasteiger partial charge in [0.1, 0.15) is 5.52 Å². The number of hydrogen-bond acceptors (Lipinski definition) is 4. The smallest absolute Gasteiger partial charge is 0.339 e. The zero-order valence-electron chi connectivity index (χ0n) is 14.8. The van der Waals surface area contributed by atoms with E-state index in [1.165, 1.54) is 4.57 Å². The van der Waals surface area contributed by atoms with Crippen LogP contribution in [0.2, 0.25) is 0 Å². The lowest BCUT2D eigenvalue weighted by Gasteiger charge is -2.25. The first-order valence-electron chi connectivity index (χ1n) is 8.59. The second kappa shape index (κ2) is 5.44. The lowest BCUT2D eigenvalue weighted by Crippen LogP contribution is -2.35. The second-order valence-corrected chi connectivity index (χ2v) is 6.67. The summed E-state index contributed by atoms with van der Waals surface area (Å²) < 4.78 is 9.00. The van der Waals surface area contributed by atoms with Crippen molar-refractivity contribution in [1.29, 1.82) is 0 Å². The fraction of sp³-hybridized carbons (Fsp3) is 0.150. The molecule has 27 heavy (non-hydrogen) atoms. The minimum Gasteiger partial charge on any atom is -0.422 e. The lowest BCUT2D eigenvalue weighted by atomic mass is 10.0. The predicted molar refractivity (Wildman–Crippen MR) is 99.7 cm³/mol. The Morgan fingerprint density at radius 3 is 2.63 bits per heavy atom. The molecule has 1 N–H and O–H groups in total. The molecule has 0 saturated carbocycles. The summed E-state index contributed by atoms with van der Waals surface area (Å²) in [5, 5.41) is 4.21. The quantitative estimate of drug-likeness (QED) is 0.440. The Morgan fingerprint density at radius 1 is 1.15 bits per heavy atom. The highest BCUT2D eigenvalue weighted by atomic mass is 16.5. The monoisotopic (exact) mass is 360 g/mol. The Hall–Kier alpha value is -3.61. The summed E-state index contributed by atoms with van der Waals surface area (Å²) in [7, 11) is 1.82. The Kier molecular flexibility index (Phi) is 3.15. The van der Waals surface area contributed by atoms with Gasteiger partial charge >= 0.3 is 11.7 Å². The number of imidazole rings is 1. The van der Waals surface area contributed by atoms with Crippen molar-refractivity contribution in [3.63, 3.8) is 0 Å². The zero-order chi connectivity index (χ0) is 18.7. The fourth-order valence-electron chi connectivity index (χ4n) is 3.80. The number of ether oxygens (including phenoxy) is 1. The summed E-state index contributed by atoms with van der Waals surface area (Å²) in [6.45, 7) is 1.92. The van der Waals surface area contributed by atoms with E-state index in [-0.39, 0.29) is 5.69 Å². The molecule has 1 aliphatic rings. The van der Waals surface area contributed by atoms with E-state index in [1.807, 2.05) is 56.4 Å². The molecule has 1 unspecified atom stereocenters. The topological polar surface area (TPSA) is 81.9 Å². The van der Waals surface area contributed by atoms with Crippen LogP contribution in [0.15, 0.2) is 53.5 Å². The molecule has 0 spiro atoms. The van der Waals surface area contributed by atoms with E-state index in [2.05, 4.69) is 10.1 Å². The van der Waals surface area contributed by atoms with Gasteiger partial charge in [0.25, 0.3) is 0 Å². The lowest BCUT2D eigenvalue weighted by molar-refractivity contribution is -0.137. The maximum atomic E-state index is 12.9. The number of rotatable bonds is 2. The third-order valence-electron chi connectivity index (χ3n) is 5.04. The summed E-state index contributed by atoms with van der Waals surface area (Å²) in [5.41, 5.74) is 4.08. The summed E-state index contributed by atoms with van der Waals surface area (Å²) in [5.74, 6) is -0.0984. The summed E-state index contributed by atoms with van der Waals surface area (Å²) in [6.07, 6.45) is 1.68. The summed E-state index contributed by atoms with van der Waals surface area (Å²) in [6, 6.07) is 12.1. The van der Waals surface area contributed by atoms with Gasteiger partial charge in [0.15, 0.2) is 11.8 Å². The van der Waals surface area contributed by atoms with Crippen molar-refractivity contribution in [2.75, 3.05) is 0 Å². The van der Waals surface area contributed by atoms with E-state index in [4.69, 9.17) is 4.74 Å². The Bertz CT molecular complexity index is 1260. The molecule has 2 aromatic carbocycles. The Balaban J connectivity index is 1.89. The van der Waals surface area contributed by atoms with Crippen LogP contribution in [-0.2, 0) is 11.8 Å². The molecule has 0 bridgehead atoms. The first kappa shape index (κ1) is 15.6. The Morgan fingerprint density at radius 2 is 1.93 bits per heavy atom. The number of H-pyrrole nitrogens is 1. The highest BCUT2D eigenvalue weighted by Crippen LogP contribution is 2.42. The van der Waals surface area contributed by atoms with Crippen LogP contribution in [0.1, 0.15) is 17.2 Å². The molecule has 5 rings (SSSR count). The van der Waals surface area contributed by atoms with E-state index in [9.17, 15) is 9.59 Å². The average molecular weight is 360 g/mol. The van der Waals surface area contributed by atoms with Gasteiger partial charge in [0.2, 0.25) is 0 Å². The van der Waals surface area contributed by atoms with E-state index in [0.717, 1.165) is 16.8 Å². The number of hydrogen-bond donors (Lipinski definition) is 1. The third-order valence-corrected chi connectivity index (χ3v) is 5.04. The van der Waals surface area contributed by atoms with Crippen LogP contribution in [0.25, 0.3) is 22.3 Å². The van der Waals surface area contributed by atoms with Crippen LogP contribution >= 0.6 is 0 Å². The number of nitrogens with zero attached hydrogens (tertiary/aromatic N) is 3. The van der Waals surface area contributed by atoms with Gasteiger partial charge in [0.05, 0.1) is 11.2 Å². The fourth-order valence-corrected chi connectivity index (χ4v) is 3.80. The predicted octanol–water partition coefficient (Wildman–Crippen LogP) is 2.55. The summed E-state index contributed by atoms with van der Waals surface area (Å²) >= 11 is 0. The Labute approximate surface area is 153 Å². The number of aryl methyl sites for hydroxylation is 2. The van der Waals surface area contributed by atoms with Crippen LogP contribution in [0.4, 0.5) is 0 Å². The first-order chi connectivity index (χ1) is 13.1. The van der Waals surface area contributed by atoms with E-state index in [0.29, 0.717) is 22.3 Å². The van der Waals surface area contributed by atoms with Crippen molar-refractivity contribution in [1.82, 2.24) is 19.3 Å². The molecule has 134 valence electrons. The molecular formula is C20H16N4O3.